The van der Waals surface area contributed by atoms with Gasteiger partial charge in [0.15, 0.2) is 0 Å². The number of nitro benzene ring substituents is 2. The average Bonchev–Trinajstić information content (AvgIpc) is 2.38. The minimum Gasteiger partial charge on any atom is -0.391 e. The highest BCUT2D eigenvalue weighted by Crippen LogP contribution is 2.24. The quantitative estimate of drug-likeness (QED) is 0.407. The van der Waals surface area contributed by atoms with Crippen LogP contribution in [0.5, 0.6) is 0 Å². The van der Waals surface area contributed by atoms with Crippen LogP contribution in [0.25, 0.3) is 0 Å². The van der Waals surface area contributed by atoms with Crippen LogP contribution in [0.4, 0.5) is 11.4 Å². The number of hydrogen-bond acceptors (Lipinski definition) is 6. The van der Waals surface area contributed by atoms with Gasteiger partial charge in [0.2, 0.25) is 0 Å². The molecule has 0 atom stereocenters. The molecule has 0 bridgehead atoms. The van der Waals surface area contributed by atoms with Gasteiger partial charge in [0.25, 0.3) is 11.4 Å². The number of likely N-dealkylation sites (N-methyl/N-ethyl adjacent to an activating group) is 1. The van der Waals surface area contributed by atoms with E-state index < -0.39 is 9.85 Å². The lowest BCUT2D eigenvalue weighted by atomic mass is 10.1. The highest BCUT2D eigenvalue weighted by atomic mass is 16.6. The van der Waals surface area contributed by atoms with Crippen LogP contribution >= 0.6 is 0 Å². The van der Waals surface area contributed by atoms with Crippen molar-refractivity contribution in [2.24, 2.45) is 0 Å². The second-order valence-corrected chi connectivity index (χ2v) is 5.04. The fraction of sp³-hybridized carbons (Fsp3) is 0.500. The molecule has 9 nitrogen and oxygen atoms in total. The van der Waals surface area contributed by atoms with E-state index in [1.54, 1.807) is 7.05 Å². The zero-order valence-electron chi connectivity index (χ0n) is 11.6. The van der Waals surface area contributed by atoms with Crippen LogP contribution < -0.4 is 0 Å². The molecule has 0 spiro atoms. The van der Waals surface area contributed by atoms with Crippen molar-refractivity contribution in [3.8, 4) is 0 Å². The van der Waals surface area contributed by atoms with Gasteiger partial charge in [-0.2, -0.15) is 0 Å². The predicted molar refractivity (Wildman–Crippen MR) is 73.5 cm³/mol. The summed E-state index contributed by atoms with van der Waals surface area (Å²) in [7, 11) is 1.76. The Hall–Kier alpha value is -2.10. The normalized spacial score (nSPS) is 11.4. The summed E-state index contributed by atoms with van der Waals surface area (Å²) in [6, 6.07) is 3.46. The lowest BCUT2D eigenvalue weighted by Gasteiger charge is -2.33. The van der Waals surface area contributed by atoms with Crippen LogP contribution in [0, 0.1) is 20.2 Å². The van der Waals surface area contributed by atoms with Crippen molar-refractivity contribution in [1.29, 1.82) is 0 Å². The Balaban J connectivity index is 3.16. The monoisotopic (exact) mass is 300 g/mol. The average molecular weight is 300 g/mol. The third-order valence-corrected chi connectivity index (χ3v) is 3.23. The number of aliphatic hydroxyl groups excluding tert-OH is 2. The van der Waals surface area contributed by atoms with E-state index in [4.69, 9.17) is 10.2 Å². The van der Waals surface area contributed by atoms with Crippen LogP contribution in [-0.4, -0.2) is 57.9 Å². The van der Waals surface area contributed by atoms with Crippen molar-refractivity contribution in [2.75, 3.05) is 33.4 Å². The Morgan fingerprint density at radius 3 is 1.76 bits per heavy atom. The Labute approximate surface area is 120 Å². The molecule has 2 N–H and O–H groups in total. The summed E-state index contributed by atoms with van der Waals surface area (Å²) in [5.41, 5.74) is -0.280. The smallest absolute Gasteiger partial charge is 0.276 e. The third-order valence-electron chi connectivity index (χ3n) is 3.23. The number of nitrogens with zero attached hydrogens (tertiary/aromatic N) is 3. The molecule has 1 aromatic carbocycles. The van der Waals surface area contributed by atoms with E-state index in [1.807, 2.05) is 0 Å². The summed E-state index contributed by atoms with van der Waals surface area (Å²) < 4.78 is 0.228. The molecule has 0 aliphatic heterocycles. The molecular formula is C12H18N3O6+. The van der Waals surface area contributed by atoms with Crippen molar-refractivity contribution in [2.45, 2.75) is 6.54 Å². The molecule has 0 aliphatic carbocycles. The van der Waals surface area contributed by atoms with E-state index in [9.17, 15) is 20.2 Å². The van der Waals surface area contributed by atoms with Gasteiger partial charge in [-0.05, 0) is 0 Å². The summed E-state index contributed by atoms with van der Waals surface area (Å²) >= 11 is 0. The number of rotatable bonds is 8. The molecule has 21 heavy (non-hydrogen) atoms. The van der Waals surface area contributed by atoms with E-state index in [-0.39, 0.29) is 35.6 Å². The number of aliphatic hydroxyl groups is 2. The summed E-state index contributed by atoms with van der Waals surface area (Å²) in [6.07, 6.45) is 0. The Bertz CT molecular complexity index is 495. The number of quaternary nitrogens is 1. The molecule has 0 aromatic heterocycles. The fourth-order valence-electron chi connectivity index (χ4n) is 2.15. The van der Waals surface area contributed by atoms with Crippen molar-refractivity contribution < 1.29 is 24.5 Å². The van der Waals surface area contributed by atoms with Gasteiger partial charge in [-0.15, -0.1) is 0 Å². The molecule has 0 amide bonds. The second-order valence-electron chi connectivity index (χ2n) is 5.04. The van der Waals surface area contributed by atoms with Crippen LogP contribution in [0.3, 0.4) is 0 Å². The number of non-ortho nitro benzene ring substituents is 2. The maximum atomic E-state index is 10.8. The summed E-state index contributed by atoms with van der Waals surface area (Å²) in [6.45, 7) is 0.665. The Kier molecular flexibility index (Phi) is 5.70. The summed E-state index contributed by atoms with van der Waals surface area (Å²) in [5, 5.41) is 39.8. The number of hydrogen-bond donors (Lipinski definition) is 2. The van der Waals surface area contributed by atoms with E-state index in [0.29, 0.717) is 18.7 Å². The van der Waals surface area contributed by atoms with Gasteiger partial charge < -0.3 is 14.7 Å². The van der Waals surface area contributed by atoms with Crippen molar-refractivity contribution in [3.05, 3.63) is 44.0 Å². The lowest BCUT2D eigenvalue weighted by Crippen LogP contribution is -2.47. The molecule has 0 saturated heterocycles. The van der Waals surface area contributed by atoms with E-state index in [0.717, 1.165) is 6.07 Å². The van der Waals surface area contributed by atoms with E-state index in [1.165, 1.54) is 12.1 Å². The molecular weight excluding hydrogens is 282 g/mol. The number of benzene rings is 1. The van der Waals surface area contributed by atoms with E-state index in [2.05, 4.69) is 0 Å². The molecule has 116 valence electrons. The highest BCUT2D eigenvalue weighted by Gasteiger charge is 2.24. The van der Waals surface area contributed by atoms with Gasteiger partial charge in [0, 0.05) is 17.7 Å². The zero-order valence-corrected chi connectivity index (χ0v) is 11.6. The lowest BCUT2D eigenvalue weighted by molar-refractivity contribution is -0.923. The molecule has 0 radical (unpaired) electrons. The maximum absolute atomic E-state index is 10.8. The molecule has 0 aliphatic rings. The first kappa shape index (κ1) is 17.0. The Morgan fingerprint density at radius 1 is 1.00 bits per heavy atom. The van der Waals surface area contributed by atoms with Crippen LogP contribution in [-0.2, 0) is 6.54 Å². The molecule has 0 unspecified atom stereocenters. The largest absolute Gasteiger partial charge is 0.391 e. The summed E-state index contributed by atoms with van der Waals surface area (Å²) in [4.78, 5) is 20.3. The molecule has 0 fully saturated rings. The maximum Gasteiger partial charge on any atom is 0.276 e. The van der Waals surface area contributed by atoms with Crippen molar-refractivity contribution in [1.82, 2.24) is 0 Å². The van der Waals surface area contributed by atoms with Gasteiger partial charge in [-0.3, -0.25) is 20.2 Å². The highest BCUT2D eigenvalue weighted by molar-refractivity contribution is 5.46. The van der Waals surface area contributed by atoms with Crippen molar-refractivity contribution >= 4 is 11.4 Å². The van der Waals surface area contributed by atoms with Gasteiger partial charge in [0.1, 0.15) is 19.6 Å². The minimum atomic E-state index is -0.682. The molecule has 9 heteroatoms. The SMILES string of the molecule is C[N+](CCO)(CCO)Cc1cc([N+](=O)[O-])cc([N+](=O)[O-])c1. The predicted octanol–water partition coefficient (Wildman–Crippen LogP) is 0.434. The van der Waals surface area contributed by atoms with E-state index >= 15 is 0 Å². The van der Waals surface area contributed by atoms with Gasteiger partial charge in [-0.1, -0.05) is 0 Å². The van der Waals surface area contributed by atoms with Gasteiger partial charge in [-0.25, -0.2) is 0 Å². The zero-order chi connectivity index (χ0) is 16.0. The van der Waals surface area contributed by atoms with Crippen LogP contribution in [0.2, 0.25) is 0 Å². The molecule has 1 rings (SSSR count). The fourth-order valence-corrected chi connectivity index (χ4v) is 2.15. The van der Waals surface area contributed by atoms with Gasteiger partial charge in [0.05, 0.1) is 36.2 Å². The molecule has 0 saturated carbocycles. The molecule has 0 heterocycles. The third kappa shape index (κ3) is 4.74. The van der Waals surface area contributed by atoms with Crippen LogP contribution in [0.15, 0.2) is 18.2 Å². The Morgan fingerprint density at radius 2 is 1.43 bits per heavy atom. The molecule has 1 aromatic rings. The first-order valence-electron chi connectivity index (χ1n) is 6.29. The number of nitro groups is 2. The van der Waals surface area contributed by atoms with Crippen molar-refractivity contribution in [3.63, 3.8) is 0 Å². The van der Waals surface area contributed by atoms with Gasteiger partial charge >= 0.3 is 0 Å². The first-order valence-corrected chi connectivity index (χ1v) is 6.29. The minimum absolute atomic E-state index is 0.118. The standard InChI is InChI=1S/C12H18N3O6/c1-15(2-4-16,3-5-17)9-10-6-11(13(18)19)8-12(7-10)14(20)21/h6-8,16-17H,2-5,9H2,1H3/q+1. The summed E-state index contributed by atoms with van der Waals surface area (Å²) in [5.74, 6) is 0. The topological polar surface area (TPSA) is 127 Å². The first-order chi connectivity index (χ1) is 9.81. The van der Waals surface area contributed by atoms with Crippen LogP contribution in [0.1, 0.15) is 5.56 Å². The second kappa shape index (κ2) is 7.07.